The van der Waals surface area contributed by atoms with Crippen LogP contribution in [0.4, 0.5) is 0 Å². The fourth-order valence-electron chi connectivity index (χ4n) is 3.12. The first-order valence-electron chi connectivity index (χ1n) is 10.4. The molecule has 3 aromatic rings. The van der Waals surface area contributed by atoms with Crippen LogP contribution in [-0.2, 0) is 21.6 Å². The molecule has 6 nitrogen and oxygen atoms in total. The molecule has 1 atom stereocenters. The van der Waals surface area contributed by atoms with Crippen LogP contribution < -0.4 is 4.74 Å². The molecule has 2 heterocycles. The minimum absolute atomic E-state index is 0.0392. The average Bonchev–Trinajstić information content (AvgIpc) is 2.73. The van der Waals surface area contributed by atoms with Gasteiger partial charge in [-0.1, -0.05) is 58.9 Å². The first-order valence-corrected chi connectivity index (χ1v) is 10.4. The quantitative estimate of drug-likeness (QED) is 0.475. The SMILES string of the molecule is CC(C)C(C(=O)OCc1cccc(Oc2ccccc2)n1)c1cnc(C(C)(C)C)nc1. The number of rotatable bonds is 7. The highest BCUT2D eigenvalue weighted by Gasteiger charge is 2.27. The lowest BCUT2D eigenvalue weighted by molar-refractivity contribution is -0.148. The molecule has 2 aromatic heterocycles. The van der Waals surface area contributed by atoms with Crippen molar-refractivity contribution in [1.29, 1.82) is 0 Å². The predicted molar refractivity (Wildman–Crippen MR) is 119 cm³/mol. The molecule has 0 aliphatic carbocycles. The molecule has 1 aromatic carbocycles. The lowest BCUT2D eigenvalue weighted by atomic mass is 9.90. The standard InChI is InChI=1S/C25H29N3O3/c1-17(2)22(18-14-26-24(27-15-18)25(3,4)5)23(29)30-16-19-10-9-13-21(28-19)31-20-11-7-6-8-12-20/h6-15,17,22H,16H2,1-5H3. The first kappa shape index (κ1) is 22.4. The number of hydrogen-bond donors (Lipinski definition) is 0. The fraction of sp³-hybridized carbons (Fsp3) is 0.360. The van der Waals surface area contributed by atoms with Gasteiger partial charge in [0.05, 0.1) is 11.6 Å². The summed E-state index contributed by atoms with van der Waals surface area (Å²) in [4.78, 5) is 26.2. The highest BCUT2D eigenvalue weighted by molar-refractivity contribution is 5.78. The van der Waals surface area contributed by atoms with Crippen LogP contribution in [0.2, 0.25) is 0 Å². The van der Waals surface area contributed by atoms with Crippen LogP contribution in [0.1, 0.15) is 57.6 Å². The number of aromatic nitrogens is 3. The van der Waals surface area contributed by atoms with Crippen molar-refractivity contribution in [1.82, 2.24) is 15.0 Å². The Hall–Kier alpha value is -3.28. The number of para-hydroxylation sites is 1. The van der Waals surface area contributed by atoms with Crippen molar-refractivity contribution >= 4 is 5.97 Å². The summed E-state index contributed by atoms with van der Waals surface area (Å²) in [6, 6.07) is 14.8. The maximum atomic E-state index is 12.9. The van der Waals surface area contributed by atoms with Gasteiger partial charge in [-0.25, -0.2) is 15.0 Å². The van der Waals surface area contributed by atoms with Gasteiger partial charge in [-0.05, 0) is 24.1 Å². The van der Waals surface area contributed by atoms with Gasteiger partial charge in [0, 0.05) is 29.4 Å². The maximum Gasteiger partial charge on any atom is 0.314 e. The number of hydrogen-bond acceptors (Lipinski definition) is 6. The number of esters is 1. The summed E-state index contributed by atoms with van der Waals surface area (Å²) >= 11 is 0. The van der Waals surface area contributed by atoms with Gasteiger partial charge in [0.25, 0.3) is 0 Å². The van der Waals surface area contributed by atoms with Crippen LogP contribution in [-0.4, -0.2) is 20.9 Å². The van der Waals surface area contributed by atoms with E-state index < -0.39 is 5.92 Å². The lowest BCUT2D eigenvalue weighted by Gasteiger charge is -2.21. The van der Waals surface area contributed by atoms with Crippen LogP contribution in [0.15, 0.2) is 60.9 Å². The van der Waals surface area contributed by atoms with E-state index >= 15 is 0 Å². The zero-order valence-corrected chi connectivity index (χ0v) is 18.7. The van der Waals surface area contributed by atoms with Crippen molar-refractivity contribution in [3.8, 4) is 11.6 Å². The molecule has 0 aliphatic heterocycles. The van der Waals surface area contributed by atoms with E-state index in [9.17, 15) is 4.79 Å². The Balaban J connectivity index is 1.67. The number of nitrogens with zero attached hydrogens (tertiary/aromatic N) is 3. The zero-order chi connectivity index (χ0) is 22.4. The van der Waals surface area contributed by atoms with Crippen molar-refractivity contribution in [3.05, 3.63) is 78.0 Å². The second-order valence-electron chi connectivity index (χ2n) is 8.80. The number of ether oxygens (including phenoxy) is 2. The highest BCUT2D eigenvalue weighted by atomic mass is 16.5. The van der Waals surface area contributed by atoms with E-state index in [-0.39, 0.29) is 23.9 Å². The second-order valence-corrected chi connectivity index (χ2v) is 8.80. The molecular formula is C25H29N3O3. The largest absolute Gasteiger partial charge is 0.459 e. The summed E-state index contributed by atoms with van der Waals surface area (Å²) in [5, 5.41) is 0. The van der Waals surface area contributed by atoms with Crippen LogP contribution in [0, 0.1) is 5.92 Å². The Bertz CT molecular complexity index is 997. The molecule has 3 rings (SSSR count). The van der Waals surface area contributed by atoms with Crippen molar-refractivity contribution in [2.24, 2.45) is 5.92 Å². The molecule has 0 bridgehead atoms. The molecule has 0 radical (unpaired) electrons. The molecular weight excluding hydrogens is 390 g/mol. The monoisotopic (exact) mass is 419 g/mol. The van der Waals surface area contributed by atoms with E-state index in [0.29, 0.717) is 17.3 Å². The summed E-state index contributed by atoms with van der Waals surface area (Å²) < 4.78 is 11.3. The van der Waals surface area contributed by atoms with Crippen LogP contribution in [0.25, 0.3) is 0 Å². The summed E-state index contributed by atoms with van der Waals surface area (Å²) in [5.74, 6) is 1.16. The Morgan fingerprint density at radius 1 is 0.968 bits per heavy atom. The Labute approximate surface area is 183 Å². The number of benzene rings is 1. The van der Waals surface area contributed by atoms with Crippen molar-refractivity contribution < 1.29 is 14.3 Å². The van der Waals surface area contributed by atoms with Crippen LogP contribution >= 0.6 is 0 Å². The molecule has 31 heavy (non-hydrogen) atoms. The summed E-state index contributed by atoms with van der Waals surface area (Å²) in [7, 11) is 0. The van der Waals surface area contributed by atoms with Gasteiger partial charge in [-0.15, -0.1) is 0 Å². The second kappa shape index (κ2) is 9.69. The van der Waals surface area contributed by atoms with Gasteiger partial charge in [0.1, 0.15) is 18.2 Å². The molecule has 162 valence electrons. The maximum absolute atomic E-state index is 12.9. The van der Waals surface area contributed by atoms with E-state index in [2.05, 4.69) is 35.7 Å². The summed E-state index contributed by atoms with van der Waals surface area (Å²) in [6.45, 7) is 10.2. The number of carbonyl (C=O) groups is 1. The van der Waals surface area contributed by atoms with Gasteiger partial charge in [0.2, 0.25) is 5.88 Å². The molecule has 0 aliphatic rings. The molecule has 0 amide bonds. The molecule has 0 N–H and O–H groups in total. The molecule has 1 unspecified atom stereocenters. The van der Waals surface area contributed by atoms with Crippen LogP contribution in [0.5, 0.6) is 11.6 Å². The van der Waals surface area contributed by atoms with Crippen molar-refractivity contribution in [2.75, 3.05) is 0 Å². The topological polar surface area (TPSA) is 74.2 Å². The van der Waals surface area contributed by atoms with E-state index in [0.717, 1.165) is 11.4 Å². The summed E-state index contributed by atoms with van der Waals surface area (Å²) in [6.07, 6.45) is 3.46. The van der Waals surface area contributed by atoms with Gasteiger partial charge < -0.3 is 9.47 Å². The van der Waals surface area contributed by atoms with E-state index in [4.69, 9.17) is 9.47 Å². The van der Waals surface area contributed by atoms with E-state index in [1.165, 1.54) is 0 Å². The molecule has 6 heteroatoms. The third-order valence-corrected chi connectivity index (χ3v) is 4.73. The highest BCUT2D eigenvalue weighted by Crippen LogP contribution is 2.27. The molecule has 0 saturated carbocycles. The summed E-state index contributed by atoms with van der Waals surface area (Å²) in [5.41, 5.74) is 1.22. The van der Waals surface area contributed by atoms with E-state index in [1.807, 2.05) is 50.2 Å². The Morgan fingerprint density at radius 3 is 2.26 bits per heavy atom. The predicted octanol–water partition coefficient (Wildman–Crippen LogP) is 5.44. The lowest BCUT2D eigenvalue weighted by Crippen LogP contribution is -2.23. The van der Waals surface area contributed by atoms with Crippen molar-refractivity contribution in [2.45, 2.75) is 52.6 Å². The Morgan fingerprint density at radius 2 is 1.65 bits per heavy atom. The average molecular weight is 420 g/mol. The fourth-order valence-corrected chi connectivity index (χ4v) is 3.12. The van der Waals surface area contributed by atoms with Gasteiger partial charge in [-0.3, -0.25) is 4.79 Å². The smallest absolute Gasteiger partial charge is 0.314 e. The van der Waals surface area contributed by atoms with Gasteiger partial charge >= 0.3 is 5.97 Å². The minimum Gasteiger partial charge on any atom is -0.459 e. The third kappa shape index (κ3) is 6.10. The van der Waals surface area contributed by atoms with Crippen LogP contribution in [0.3, 0.4) is 0 Å². The Kier molecular flexibility index (Phi) is 7.00. The first-order chi connectivity index (χ1) is 14.7. The van der Waals surface area contributed by atoms with E-state index in [1.54, 1.807) is 24.5 Å². The van der Waals surface area contributed by atoms with Gasteiger partial charge in [-0.2, -0.15) is 0 Å². The molecule has 0 spiro atoms. The number of pyridine rings is 1. The van der Waals surface area contributed by atoms with Gasteiger partial charge in [0.15, 0.2) is 0 Å². The minimum atomic E-state index is -0.447. The zero-order valence-electron chi connectivity index (χ0n) is 18.7. The normalized spacial score (nSPS) is 12.5. The molecule has 0 saturated heterocycles. The van der Waals surface area contributed by atoms with Crippen molar-refractivity contribution in [3.63, 3.8) is 0 Å². The number of carbonyl (C=O) groups excluding carboxylic acids is 1. The third-order valence-electron chi connectivity index (χ3n) is 4.73. The molecule has 0 fully saturated rings.